The first kappa shape index (κ1) is 13.8. The summed E-state index contributed by atoms with van der Waals surface area (Å²) in [5.41, 5.74) is 0.762. The summed E-state index contributed by atoms with van der Waals surface area (Å²) in [6.45, 7) is 0. The quantitative estimate of drug-likeness (QED) is 0.901. The molecule has 0 saturated heterocycles. The second-order valence-electron chi connectivity index (χ2n) is 4.62. The van der Waals surface area contributed by atoms with Crippen LogP contribution in [0.1, 0.15) is 39.2 Å². The van der Waals surface area contributed by atoms with Crippen molar-refractivity contribution in [1.29, 1.82) is 0 Å². The van der Waals surface area contributed by atoms with Crippen molar-refractivity contribution in [3.8, 4) is 0 Å². The van der Waals surface area contributed by atoms with E-state index < -0.39 is 11.9 Å². The van der Waals surface area contributed by atoms with Gasteiger partial charge in [-0.3, -0.25) is 4.79 Å². The first-order chi connectivity index (χ1) is 9.63. The van der Waals surface area contributed by atoms with Gasteiger partial charge in [0, 0.05) is 9.75 Å². The summed E-state index contributed by atoms with van der Waals surface area (Å²) in [4.78, 5) is 17.9. The summed E-state index contributed by atoms with van der Waals surface area (Å²) in [6.07, 6.45) is 6.46. The molecule has 1 N–H and O–H groups in total. The van der Waals surface area contributed by atoms with Gasteiger partial charge in [-0.1, -0.05) is 11.6 Å². The lowest BCUT2D eigenvalue weighted by molar-refractivity contribution is -0.139. The van der Waals surface area contributed by atoms with Gasteiger partial charge >= 0.3 is 5.97 Å². The van der Waals surface area contributed by atoms with Crippen LogP contribution in [0.5, 0.6) is 0 Å². The van der Waals surface area contributed by atoms with Gasteiger partial charge in [-0.15, -0.1) is 22.7 Å². The minimum absolute atomic E-state index is 0.437. The van der Waals surface area contributed by atoms with E-state index in [9.17, 15) is 9.90 Å². The van der Waals surface area contributed by atoms with Gasteiger partial charge < -0.3 is 5.11 Å². The number of aryl methyl sites for hydroxylation is 1. The standard InChI is InChI=1S/C14H12ClNO2S2/c15-11-6-4-8(19-11)5-7-12-16-13-9(14(17)18)2-1-3-10(13)20-12/h4-7,9H,1-3H2,(H,17,18). The third kappa shape index (κ3) is 2.80. The van der Waals surface area contributed by atoms with E-state index in [4.69, 9.17) is 11.6 Å². The van der Waals surface area contributed by atoms with Crippen LogP contribution in [0.2, 0.25) is 4.34 Å². The molecule has 0 fully saturated rings. The number of aliphatic carboxylic acids is 1. The summed E-state index contributed by atoms with van der Waals surface area (Å²) in [5.74, 6) is -1.20. The molecule has 2 heterocycles. The predicted octanol–water partition coefficient (Wildman–Crippen LogP) is 4.53. The molecule has 2 aromatic rings. The van der Waals surface area contributed by atoms with Crippen LogP contribution >= 0.6 is 34.3 Å². The molecule has 0 spiro atoms. The predicted molar refractivity (Wildman–Crippen MR) is 83.7 cm³/mol. The smallest absolute Gasteiger partial charge is 0.312 e. The van der Waals surface area contributed by atoms with Crippen molar-refractivity contribution < 1.29 is 9.90 Å². The topological polar surface area (TPSA) is 50.2 Å². The molecule has 1 aliphatic carbocycles. The number of halogens is 1. The Hall–Kier alpha value is -1.17. The summed E-state index contributed by atoms with van der Waals surface area (Å²) in [5, 5.41) is 10.1. The lowest BCUT2D eigenvalue weighted by Crippen LogP contribution is -2.17. The summed E-state index contributed by atoms with van der Waals surface area (Å²) in [6, 6.07) is 3.82. The maximum Gasteiger partial charge on any atom is 0.312 e. The average molecular weight is 326 g/mol. The first-order valence-electron chi connectivity index (χ1n) is 6.29. The number of nitrogens with zero attached hydrogens (tertiary/aromatic N) is 1. The van der Waals surface area contributed by atoms with E-state index >= 15 is 0 Å². The minimum atomic E-state index is -0.767. The summed E-state index contributed by atoms with van der Waals surface area (Å²) in [7, 11) is 0. The number of rotatable bonds is 3. The molecule has 3 rings (SSSR count). The summed E-state index contributed by atoms with van der Waals surface area (Å²) >= 11 is 8.99. The largest absolute Gasteiger partial charge is 0.481 e. The van der Waals surface area contributed by atoms with E-state index in [0.717, 1.165) is 37.6 Å². The minimum Gasteiger partial charge on any atom is -0.481 e. The molecule has 1 unspecified atom stereocenters. The molecule has 6 heteroatoms. The highest BCUT2D eigenvalue weighted by Gasteiger charge is 2.29. The number of aromatic nitrogens is 1. The Kier molecular flexibility index (Phi) is 3.92. The molecule has 0 radical (unpaired) electrons. The zero-order valence-electron chi connectivity index (χ0n) is 10.5. The van der Waals surface area contributed by atoms with Crippen LogP contribution in [0.25, 0.3) is 12.2 Å². The maximum atomic E-state index is 11.2. The van der Waals surface area contributed by atoms with E-state index in [1.54, 1.807) is 11.3 Å². The average Bonchev–Trinajstić information content (AvgIpc) is 3.01. The second kappa shape index (κ2) is 5.68. The fraction of sp³-hybridized carbons (Fsp3) is 0.286. The zero-order chi connectivity index (χ0) is 14.1. The molecule has 0 amide bonds. The SMILES string of the molecule is O=C(O)C1CCCc2sc(C=Cc3ccc(Cl)s3)nc21. The van der Waals surface area contributed by atoms with Crippen molar-refractivity contribution in [1.82, 2.24) is 4.98 Å². The highest BCUT2D eigenvalue weighted by atomic mass is 35.5. The second-order valence-corrected chi connectivity index (χ2v) is 7.48. The van der Waals surface area contributed by atoms with Crippen LogP contribution in [0.15, 0.2) is 12.1 Å². The molecule has 1 aliphatic rings. The first-order valence-corrected chi connectivity index (χ1v) is 8.30. The van der Waals surface area contributed by atoms with E-state index in [1.165, 1.54) is 11.3 Å². The van der Waals surface area contributed by atoms with Crippen molar-refractivity contribution in [3.05, 3.63) is 36.9 Å². The van der Waals surface area contributed by atoms with E-state index in [-0.39, 0.29) is 0 Å². The Morgan fingerprint density at radius 2 is 2.25 bits per heavy atom. The number of fused-ring (bicyclic) bond motifs is 1. The molecule has 2 aromatic heterocycles. The van der Waals surface area contributed by atoms with Crippen molar-refractivity contribution >= 4 is 52.4 Å². The van der Waals surface area contributed by atoms with Gasteiger partial charge in [0.25, 0.3) is 0 Å². The van der Waals surface area contributed by atoms with Crippen LogP contribution in [-0.4, -0.2) is 16.1 Å². The fourth-order valence-corrected chi connectivity index (χ4v) is 4.36. The van der Waals surface area contributed by atoms with Crippen molar-refractivity contribution in [2.75, 3.05) is 0 Å². The number of carboxylic acids is 1. The molecule has 0 aromatic carbocycles. The third-order valence-corrected chi connectivity index (χ3v) is 5.55. The fourth-order valence-electron chi connectivity index (χ4n) is 2.32. The highest BCUT2D eigenvalue weighted by molar-refractivity contribution is 7.17. The van der Waals surface area contributed by atoms with Gasteiger partial charge in [-0.25, -0.2) is 4.98 Å². The normalized spacial score (nSPS) is 18.4. The molecule has 0 bridgehead atoms. The van der Waals surface area contributed by atoms with Crippen molar-refractivity contribution in [3.63, 3.8) is 0 Å². The van der Waals surface area contributed by atoms with Crippen LogP contribution in [0.3, 0.4) is 0 Å². The van der Waals surface area contributed by atoms with Crippen molar-refractivity contribution in [2.24, 2.45) is 0 Å². The number of carboxylic acid groups (broad SMARTS) is 1. The molecule has 20 heavy (non-hydrogen) atoms. The van der Waals surface area contributed by atoms with Gasteiger partial charge in [-0.05, 0) is 43.5 Å². The van der Waals surface area contributed by atoms with Gasteiger partial charge in [0.15, 0.2) is 0 Å². The van der Waals surface area contributed by atoms with E-state index in [0.29, 0.717) is 6.42 Å². The molecular weight excluding hydrogens is 314 g/mol. The number of hydrogen-bond donors (Lipinski definition) is 1. The van der Waals surface area contributed by atoms with Gasteiger partial charge in [-0.2, -0.15) is 0 Å². The van der Waals surface area contributed by atoms with Crippen molar-refractivity contribution in [2.45, 2.75) is 25.2 Å². The number of carbonyl (C=O) groups is 1. The van der Waals surface area contributed by atoms with E-state index in [1.807, 2.05) is 24.3 Å². The summed E-state index contributed by atoms with van der Waals surface area (Å²) < 4.78 is 0.758. The number of hydrogen-bond acceptors (Lipinski definition) is 4. The lowest BCUT2D eigenvalue weighted by atomic mass is 9.91. The molecule has 1 atom stereocenters. The Balaban J connectivity index is 1.85. The van der Waals surface area contributed by atoms with Crippen LogP contribution < -0.4 is 0 Å². The number of thiazole rings is 1. The van der Waals surface area contributed by atoms with Gasteiger partial charge in [0.2, 0.25) is 0 Å². The van der Waals surface area contributed by atoms with Gasteiger partial charge in [0.1, 0.15) is 5.01 Å². The van der Waals surface area contributed by atoms with Gasteiger partial charge in [0.05, 0.1) is 15.9 Å². The maximum absolute atomic E-state index is 11.2. The Morgan fingerprint density at radius 3 is 2.95 bits per heavy atom. The highest BCUT2D eigenvalue weighted by Crippen LogP contribution is 2.35. The van der Waals surface area contributed by atoms with E-state index in [2.05, 4.69) is 4.98 Å². The molecular formula is C14H12ClNO2S2. The van der Waals surface area contributed by atoms with Crippen LogP contribution in [0, 0.1) is 0 Å². The van der Waals surface area contributed by atoms with Crippen LogP contribution in [0.4, 0.5) is 0 Å². The molecule has 3 nitrogen and oxygen atoms in total. The number of thiophene rings is 1. The Morgan fingerprint density at radius 1 is 1.40 bits per heavy atom. The van der Waals surface area contributed by atoms with Crippen LogP contribution in [-0.2, 0) is 11.2 Å². The molecule has 104 valence electrons. The Labute approximate surface area is 129 Å². The Bertz CT molecular complexity index is 675. The zero-order valence-corrected chi connectivity index (χ0v) is 12.9. The third-order valence-electron chi connectivity index (χ3n) is 3.25. The monoisotopic (exact) mass is 325 g/mol. The lowest BCUT2D eigenvalue weighted by Gasteiger charge is -2.16. The molecule has 0 saturated carbocycles. The molecule has 0 aliphatic heterocycles.